The molecule has 0 fully saturated rings. The fourth-order valence-corrected chi connectivity index (χ4v) is 2.51. The van der Waals surface area contributed by atoms with Crippen molar-refractivity contribution in [2.24, 2.45) is 0 Å². The topological polar surface area (TPSA) is 93.5 Å². The minimum atomic E-state index is -0.514. The quantitative estimate of drug-likeness (QED) is 0.407. The van der Waals surface area contributed by atoms with E-state index in [1.807, 2.05) is 6.92 Å². The molecule has 0 saturated heterocycles. The zero-order chi connectivity index (χ0) is 19.1. The molecule has 1 amide bonds. The molecule has 0 unspecified atom stereocenters. The van der Waals surface area contributed by atoms with Crippen molar-refractivity contribution in [2.75, 3.05) is 30.9 Å². The van der Waals surface area contributed by atoms with E-state index in [0.717, 1.165) is 5.56 Å². The maximum Gasteiger partial charge on any atom is 0.293 e. The summed E-state index contributed by atoms with van der Waals surface area (Å²) < 4.78 is 4.95. The molecule has 0 spiro atoms. The first-order valence-corrected chi connectivity index (χ1v) is 8.39. The first-order valence-electron chi connectivity index (χ1n) is 8.01. The Morgan fingerprint density at radius 3 is 2.69 bits per heavy atom. The molecule has 26 heavy (non-hydrogen) atoms. The van der Waals surface area contributed by atoms with E-state index in [1.54, 1.807) is 31.4 Å². The Morgan fingerprint density at radius 1 is 1.23 bits per heavy atom. The van der Waals surface area contributed by atoms with Gasteiger partial charge in [-0.15, -0.1) is 0 Å². The second-order valence-electron chi connectivity index (χ2n) is 5.68. The SMILES string of the molecule is COCCCNc1ccc(C(=O)Nc2cc(Cl)ccc2C)cc1[N+](=O)[O-]. The van der Waals surface area contributed by atoms with Gasteiger partial charge in [0.05, 0.1) is 4.92 Å². The minimum absolute atomic E-state index is 0.155. The summed E-state index contributed by atoms with van der Waals surface area (Å²) in [5.74, 6) is -0.440. The van der Waals surface area contributed by atoms with E-state index in [4.69, 9.17) is 16.3 Å². The molecule has 0 aliphatic heterocycles. The van der Waals surface area contributed by atoms with Crippen LogP contribution in [0.2, 0.25) is 5.02 Å². The summed E-state index contributed by atoms with van der Waals surface area (Å²) in [6.07, 6.45) is 0.712. The number of halogens is 1. The molecule has 0 aliphatic rings. The minimum Gasteiger partial charge on any atom is -0.385 e. The van der Waals surface area contributed by atoms with Crippen LogP contribution in [-0.4, -0.2) is 31.1 Å². The van der Waals surface area contributed by atoms with Crippen molar-refractivity contribution in [1.29, 1.82) is 0 Å². The fraction of sp³-hybridized carbons (Fsp3) is 0.278. The van der Waals surface area contributed by atoms with E-state index >= 15 is 0 Å². The number of nitro groups is 1. The molecule has 0 saturated carbocycles. The van der Waals surface area contributed by atoms with Gasteiger partial charge in [-0.25, -0.2) is 0 Å². The highest BCUT2D eigenvalue weighted by atomic mass is 35.5. The maximum atomic E-state index is 12.4. The summed E-state index contributed by atoms with van der Waals surface area (Å²) in [4.78, 5) is 23.3. The summed E-state index contributed by atoms with van der Waals surface area (Å²) in [7, 11) is 1.59. The lowest BCUT2D eigenvalue weighted by atomic mass is 10.1. The van der Waals surface area contributed by atoms with E-state index in [2.05, 4.69) is 10.6 Å². The molecule has 0 aliphatic carbocycles. The Balaban J connectivity index is 2.18. The Morgan fingerprint density at radius 2 is 2.00 bits per heavy atom. The third-order valence-corrected chi connectivity index (χ3v) is 3.98. The number of carbonyl (C=O) groups is 1. The van der Waals surface area contributed by atoms with E-state index < -0.39 is 10.8 Å². The Labute approximate surface area is 156 Å². The zero-order valence-electron chi connectivity index (χ0n) is 14.5. The Hall–Kier alpha value is -2.64. The Kier molecular flexibility index (Phi) is 6.94. The van der Waals surface area contributed by atoms with Crippen LogP contribution in [-0.2, 0) is 4.74 Å². The number of anilines is 2. The first-order chi connectivity index (χ1) is 12.4. The first kappa shape index (κ1) is 19.7. The smallest absolute Gasteiger partial charge is 0.293 e. The summed E-state index contributed by atoms with van der Waals surface area (Å²) in [6, 6.07) is 9.48. The molecule has 2 aromatic carbocycles. The normalized spacial score (nSPS) is 10.4. The summed E-state index contributed by atoms with van der Waals surface area (Å²) >= 11 is 5.95. The van der Waals surface area contributed by atoms with E-state index in [1.165, 1.54) is 12.1 Å². The van der Waals surface area contributed by atoms with Crippen LogP contribution in [0.15, 0.2) is 36.4 Å². The van der Waals surface area contributed by atoms with Gasteiger partial charge in [0.1, 0.15) is 5.69 Å². The van der Waals surface area contributed by atoms with Crippen LogP contribution in [0, 0.1) is 17.0 Å². The largest absolute Gasteiger partial charge is 0.385 e. The summed E-state index contributed by atoms with van der Waals surface area (Å²) in [6.45, 7) is 2.92. The molecule has 0 heterocycles. The predicted molar refractivity (Wildman–Crippen MR) is 102 cm³/mol. The molecule has 2 aromatic rings. The third-order valence-electron chi connectivity index (χ3n) is 3.75. The van der Waals surface area contributed by atoms with Crippen LogP contribution in [0.1, 0.15) is 22.3 Å². The number of benzene rings is 2. The van der Waals surface area contributed by atoms with Gasteiger partial charge in [-0.3, -0.25) is 14.9 Å². The zero-order valence-corrected chi connectivity index (χ0v) is 15.3. The predicted octanol–water partition coefficient (Wildman–Crippen LogP) is 4.26. The highest BCUT2D eigenvalue weighted by molar-refractivity contribution is 6.31. The second kappa shape index (κ2) is 9.17. The van der Waals surface area contributed by atoms with Crippen molar-refractivity contribution in [2.45, 2.75) is 13.3 Å². The molecular weight excluding hydrogens is 358 g/mol. The highest BCUT2D eigenvalue weighted by Crippen LogP contribution is 2.27. The molecule has 2 rings (SSSR count). The molecule has 2 N–H and O–H groups in total. The molecule has 138 valence electrons. The summed E-state index contributed by atoms with van der Waals surface area (Å²) in [5, 5.41) is 17.5. The average Bonchev–Trinajstić information content (AvgIpc) is 2.61. The monoisotopic (exact) mass is 377 g/mol. The van der Waals surface area contributed by atoms with Gasteiger partial charge >= 0.3 is 0 Å². The van der Waals surface area contributed by atoms with Gasteiger partial charge < -0.3 is 15.4 Å². The number of nitro benzene ring substituents is 1. The van der Waals surface area contributed by atoms with Crippen molar-refractivity contribution in [3.05, 3.63) is 62.7 Å². The number of carbonyl (C=O) groups excluding carboxylic acids is 1. The molecule has 0 radical (unpaired) electrons. The third kappa shape index (κ3) is 5.18. The lowest BCUT2D eigenvalue weighted by Gasteiger charge is -2.11. The fourth-order valence-electron chi connectivity index (χ4n) is 2.34. The van der Waals surface area contributed by atoms with Crippen molar-refractivity contribution in [1.82, 2.24) is 0 Å². The van der Waals surface area contributed by atoms with E-state index in [-0.39, 0.29) is 11.3 Å². The molecule has 7 nitrogen and oxygen atoms in total. The van der Waals surface area contributed by atoms with Gasteiger partial charge in [0.2, 0.25) is 0 Å². The molecule has 0 aromatic heterocycles. The van der Waals surface area contributed by atoms with Crippen molar-refractivity contribution >= 4 is 34.6 Å². The van der Waals surface area contributed by atoms with Crippen molar-refractivity contribution < 1.29 is 14.5 Å². The van der Waals surface area contributed by atoms with Crippen molar-refractivity contribution in [3.8, 4) is 0 Å². The number of hydrogen-bond donors (Lipinski definition) is 2. The van der Waals surface area contributed by atoms with Crippen LogP contribution in [0.25, 0.3) is 0 Å². The number of ether oxygens (including phenoxy) is 1. The van der Waals surface area contributed by atoms with Crippen molar-refractivity contribution in [3.63, 3.8) is 0 Å². The van der Waals surface area contributed by atoms with Crippen LogP contribution in [0.5, 0.6) is 0 Å². The van der Waals surface area contributed by atoms with Gasteiger partial charge in [-0.2, -0.15) is 0 Å². The number of methoxy groups -OCH3 is 1. The average molecular weight is 378 g/mol. The van der Waals surface area contributed by atoms with Gasteiger partial charge in [-0.05, 0) is 43.2 Å². The van der Waals surface area contributed by atoms with Crippen LogP contribution < -0.4 is 10.6 Å². The molecular formula is C18H20ClN3O4. The number of nitrogens with one attached hydrogen (secondary N) is 2. The second-order valence-corrected chi connectivity index (χ2v) is 6.11. The van der Waals surface area contributed by atoms with Gasteiger partial charge in [0.25, 0.3) is 11.6 Å². The number of amides is 1. The lowest BCUT2D eigenvalue weighted by Crippen LogP contribution is -2.14. The van der Waals surface area contributed by atoms with Gasteiger partial charge in [-0.1, -0.05) is 17.7 Å². The van der Waals surface area contributed by atoms with Gasteiger partial charge in [0, 0.05) is 42.6 Å². The molecule has 8 heteroatoms. The van der Waals surface area contributed by atoms with Crippen LogP contribution in [0.3, 0.4) is 0 Å². The van der Waals surface area contributed by atoms with Crippen LogP contribution >= 0.6 is 11.6 Å². The van der Waals surface area contributed by atoms with Gasteiger partial charge in [0.15, 0.2) is 0 Å². The maximum absolute atomic E-state index is 12.4. The summed E-state index contributed by atoms with van der Waals surface area (Å²) in [5.41, 5.74) is 1.80. The standard InChI is InChI=1S/C18H20ClN3O4/c1-12-4-6-14(19)11-16(12)21-18(23)13-5-7-15(17(10-13)22(24)25)20-8-3-9-26-2/h4-7,10-11,20H,3,8-9H2,1-2H3,(H,21,23). The van der Waals surface area contributed by atoms with Crippen LogP contribution in [0.4, 0.5) is 17.1 Å². The lowest BCUT2D eigenvalue weighted by molar-refractivity contribution is -0.384. The number of rotatable bonds is 8. The highest BCUT2D eigenvalue weighted by Gasteiger charge is 2.18. The molecule has 0 atom stereocenters. The number of hydrogen-bond acceptors (Lipinski definition) is 5. The molecule has 0 bridgehead atoms. The Bertz CT molecular complexity index is 811. The number of aryl methyl sites for hydroxylation is 1. The number of nitrogens with zero attached hydrogens (tertiary/aromatic N) is 1. The van der Waals surface area contributed by atoms with E-state index in [9.17, 15) is 14.9 Å². The van der Waals surface area contributed by atoms with E-state index in [0.29, 0.717) is 36.0 Å².